The predicted molar refractivity (Wildman–Crippen MR) is 386 cm³/mol. The SMILES string of the molecule is CCCCCCCCCCCCCCCCC(=O)OC[C@H](COP(=O)(O)OC[C@@H](O)COP(=O)(O)OC[C@@H](COC(=O)CCCCCCCCCCC)OC(=O)CCCCCCCCCCCCC(C)C)OC(=O)CCCCCCCCCCCCCCCCCCC(C)C. The van der Waals surface area contributed by atoms with Crippen molar-refractivity contribution >= 4 is 39.5 Å². The van der Waals surface area contributed by atoms with E-state index in [1.807, 2.05) is 0 Å². The van der Waals surface area contributed by atoms with E-state index in [1.165, 1.54) is 212 Å². The highest BCUT2D eigenvalue weighted by molar-refractivity contribution is 7.47. The smallest absolute Gasteiger partial charge is 0.462 e. The number of hydrogen-bond acceptors (Lipinski definition) is 15. The first kappa shape index (κ1) is 93.1. The average molecular weight is 1400 g/mol. The number of phosphoric acid groups is 2. The fourth-order valence-electron chi connectivity index (χ4n) is 11.7. The third kappa shape index (κ3) is 70.3. The van der Waals surface area contributed by atoms with E-state index in [2.05, 4.69) is 41.5 Å². The van der Waals surface area contributed by atoms with Gasteiger partial charge >= 0.3 is 39.5 Å². The van der Waals surface area contributed by atoms with E-state index in [-0.39, 0.29) is 25.7 Å². The number of carbonyl (C=O) groups is 4. The van der Waals surface area contributed by atoms with Crippen LogP contribution in [0.2, 0.25) is 0 Å². The molecular formula is C76H148O17P2. The van der Waals surface area contributed by atoms with Crippen molar-refractivity contribution in [3.05, 3.63) is 0 Å². The molecule has 17 nitrogen and oxygen atoms in total. The van der Waals surface area contributed by atoms with Crippen molar-refractivity contribution in [2.75, 3.05) is 39.6 Å². The van der Waals surface area contributed by atoms with Crippen molar-refractivity contribution in [2.45, 2.75) is 413 Å². The maximum atomic E-state index is 13.1. The van der Waals surface area contributed by atoms with Gasteiger partial charge in [-0.1, -0.05) is 343 Å². The molecule has 0 rings (SSSR count). The Morgan fingerprint density at radius 3 is 0.716 bits per heavy atom. The lowest BCUT2D eigenvalue weighted by Gasteiger charge is -2.21. The molecule has 564 valence electrons. The van der Waals surface area contributed by atoms with Crippen LogP contribution in [-0.4, -0.2) is 96.7 Å². The molecule has 0 radical (unpaired) electrons. The molecule has 0 aromatic rings. The first-order valence-electron chi connectivity index (χ1n) is 39.5. The summed E-state index contributed by atoms with van der Waals surface area (Å²) in [6, 6.07) is 0. The van der Waals surface area contributed by atoms with E-state index >= 15 is 0 Å². The lowest BCUT2D eigenvalue weighted by Crippen LogP contribution is -2.30. The van der Waals surface area contributed by atoms with Crippen LogP contribution in [0.15, 0.2) is 0 Å². The van der Waals surface area contributed by atoms with Crippen molar-refractivity contribution < 1.29 is 80.2 Å². The molecule has 95 heavy (non-hydrogen) atoms. The molecule has 0 aliphatic rings. The third-order valence-electron chi connectivity index (χ3n) is 17.7. The van der Waals surface area contributed by atoms with E-state index in [9.17, 15) is 43.2 Å². The van der Waals surface area contributed by atoms with Crippen LogP contribution in [-0.2, 0) is 65.4 Å². The molecule has 19 heteroatoms. The van der Waals surface area contributed by atoms with Gasteiger partial charge in [0.1, 0.15) is 19.3 Å². The Morgan fingerprint density at radius 2 is 0.484 bits per heavy atom. The number of rotatable bonds is 75. The number of ether oxygens (including phenoxy) is 4. The van der Waals surface area contributed by atoms with Crippen LogP contribution < -0.4 is 0 Å². The Kier molecular flexibility index (Phi) is 66.5. The zero-order valence-electron chi connectivity index (χ0n) is 62.0. The monoisotopic (exact) mass is 1400 g/mol. The molecule has 2 unspecified atom stereocenters. The van der Waals surface area contributed by atoms with E-state index in [0.717, 1.165) is 102 Å². The van der Waals surface area contributed by atoms with E-state index in [4.69, 9.17) is 37.0 Å². The Labute approximate surface area is 581 Å². The maximum Gasteiger partial charge on any atom is 0.472 e. The van der Waals surface area contributed by atoms with Crippen LogP contribution in [0.3, 0.4) is 0 Å². The Hall–Kier alpha value is -1.94. The second-order valence-corrected chi connectivity index (χ2v) is 31.3. The van der Waals surface area contributed by atoms with Crippen LogP contribution >= 0.6 is 15.6 Å². The first-order valence-corrected chi connectivity index (χ1v) is 42.5. The highest BCUT2D eigenvalue weighted by Gasteiger charge is 2.30. The zero-order chi connectivity index (χ0) is 70.0. The standard InChI is InChI=1S/C76H148O17P2/c1-7-9-11-13-15-17-18-19-25-28-35-41-47-53-59-74(79)87-65-72(92-75(80)60-54-48-42-36-29-26-23-21-20-22-24-27-33-38-44-50-56-68(3)4)67-91-95(84,85)89-63-70(77)62-88-94(82,83)90-66-71(64-86-73(78)58-52-46-40-32-16-14-12-10-8-2)93-76(81)61-55-49-43-37-31-30-34-39-45-51-57-69(5)6/h68-72,77H,7-67H2,1-6H3,(H,82,83)(H,84,85)/t70-,71+,72+/m0/s1. The predicted octanol–water partition coefficient (Wildman–Crippen LogP) is 22.3. The van der Waals surface area contributed by atoms with Crippen LogP contribution in [0.25, 0.3) is 0 Å². The van der Waals surface area contributed by atoms with Gasteiger partial charge in [0.25, 0.3) is 0 Å². The van der Waals surface area contributed by atoms with Crippen LogP contribution in [0.1, 0.15) is 395 Å². The summed E-state index contributed by atoms with van der Waals surface area (Å²) >= 11 is 0. The molecule has 0 saturated carbocycles. The van der Waals surface area contributed by atoms with Gasteiger partial charge in [-0.05, 0) is 37.5 Å². The van der Waals surface area contributed by atoms with Crippen molar-refractivity contribution in [1.82, 2.24) is 0 Å². The fraction of sp³-hybridized carbons (Fsp3) is 0.947. The quantitative estimate of drug-likeness (QED) is 0.0222. The molecule has 0 saturated heterocycles. The first-order chi connectivity index (χ1) is 45.9. The topological polar surface area (TPSA) is 237 Å². The summed E-state index contributed by atoms with van der Waals surface area (Å²) in [4.78, 5) is 72.8. The zero-order valence-corrected chi connectivity index (χ0v) is 63.8. The summed E-state index contributed by atoms with van der Waals surface area (Å²) in [5.41, 5.74) is 0. The van der Waals surface area contributed by atoms with Crippen molar-refractivity contribution in [2.24, 2.45) is 11.8 Å². The minimum absolute atomic E-state index is 0.106. The number of esters is 4. The Balaban J connectivity index is 5.22. The molecule has 0 bridgehead atoms. The van der Waals surface area contributed by atoms with Gasteiger partial charge < -0.3 is 33.8 Å². The summed E-state index contributed by atoms with van der Waals surface area (Å²) in [6.07, 6.45) is 55.4. The molecular weight excluding hydrogens is 1250 g/mol. The van der Waals surface area contributed by atoms with E-state index in [1.54, 1.807) is 0 Å². The van der Waals surface area contributed by atoms with Gasteiger partial charge in [0.05, 0.1) is 26.4 Å². The van der Waals surface area contributed by atoms with Gasteiger partial charge in [-0.15, -0.1) is 0 Å². The fourth-order valence-corrected chi connectivity index (χ4v) is 13.2. The molecule has 0 spiro atoms. The lowest BCUT2D eigenvalue weighted by molar-refractivity contribution is -0.161. The Bertz CT molecular complexity index is 1840. The molecule has 0 aliphatic carbocycles. The van der Waals surface area contributed by atoms with Crippen molar-refractivity contribution in [3.63, 3.8) is 0 Å². The van der Waals surface area contributed by atoms with E-state index < -0.39 is 97.5 Å². The molecule has 0 fully saturated rings. The number of phosphoric ester groups is 2. The van der Waals surface area contributed by atoms with Gasteiger partial charge in [-0.2, -0.15) is 0 Å². The number of hydrogen-bond donors (Lipinski definition) is 3. The van der Waals surface area contributed by atoms with E-state index in [0.29, 0.717) is 25.7 Å². The minimum Gasteiger partial charge on any atom is -0.462 e. The minimum atomic E-state index is -4.96. The molecule has 0 amide bonds. The summed E-state index contributed by atoms with van der Waals surface area (Å²) in [6.45, 7) is 9.60. The highest BCUT2D eigenvalue weighted by atomic mass is 31.2. The second kappa shape index (κ2) is 67.9. The summed E-state index contributed by atoms with van der Waals surface area (Å²) in [7, 11) is -9.91. The summed E-state index contributed by atoms with van der Waals surface area (Å²) in [5.74, 6) is -0.554. The van der Waals surface area contributed by atoms with Gasteiger partial charge in [0.15, 0.2) is 12.2 Å². The molecule has 0 aliphatic heterocycles. The number of carbonyl (C=O) groups excluding carboxylic acids is 4. The number of aliphatic hydroxyl groups excluding tert-OH is 1. The van der Waals surface area contributed by atoms with Gasteiger partial charge in [0.2, 0.25) is 0 Å². The van der Waals surface area contributed by atoms with Crippen molar-refractivity contribution in [1.29, 1.82) is 0 Å². The van der Waals surface area contributed by atoms with Crippen LogP contribution in [0.5, 0.6) is 0 Å². The molecule has 3 N–H and O–H groups in total. The van der Waals surface area contributed by atoms with Gasteiger partial charge in [-0.25, -0.2) is 9.13 Å². The number of unbranched alkanes of at least 4 members (excludes halogenated alkanes) is 45. The maximum absolute atomic E-state index is 13.1. The van der Waals surface area contributed by atoms with Crippen LogP contribution in [0, 0.1) is 11.8 Å². The largest absolute Gasteiger partial charge is 0.472 e. The molecule has 0 aromatic heterocycles. The normalized spacial score (nSPS) is 14.0. The number of aliphatic hydroxyl groups is 1. The van der Waals surface area contributed by atoms with Crippen LogP contribution in [0.4, 0.5) is 0 Å². The molecule has 0 aromatic carbocycles. The Morgan fingerprint density at radius 1 is 0.284 bits per heavy atom. The molecule has 5 atom stereocenters. The summed E-state index contributed by atoms with van der Waals surface area (Å²) < 4.78 is 68.5. The highest BCUT2D eigenvalue weighted by Crippen LogP contribution is 2.45. The lowest BCUT2D eigenvalue weighted by atomic mass is 10.0. The summed E-state index contributed by atoms with van der Waals surface area (Å²) in [5, 5.41) is 10.6. The van der Waals surface area contributed by atoms with Gasteiger partial charge in [0, 0.05) is 25.7 Å². The second-order valence-electron chi connectivity index (χ2n) is 28.3. The average Bonchev–Trinajstić information content (AvgIpc) is 2.42. The van der Waals surface area contributed by atoms with Crippen molar-refractivity contribution in [3.8, 4) is 0 Å². The third-order valence-corrected chi connectivity index (χ3v) is 19.6. The molecule has 0 heterocycles. The van der Waals surface area contributed by atoms with Gasteiger partial charge in [-0.3, -0.25) is 37.3 Å².